The predicted molar refractivity (Wildman–Crippen MR) is 146 cm³/mol. The van der Waals surface area contributed by atoms with Crippen molar-refractivity contribution >= 4 is 11.0 Å². The van der Waals surface area contributed by atoms with Crippen molar-refractivity contribution in [2.45, 2.75) is 62.5 Å². The molecule has 1 N–H and O–H groups in total. The van der Waals surface area contributed by atoms with Gasteiger partial charge in [0.25, 0.3) is 0 Å². The lowest BCUT2D eigenvalue weighted by atomic mass is 9.69. The van der Waals surface area contributed by atoms with Gasteiger partial charge in [0.05, 0.1) is 35.6 Å². The fourth-order valence-corrected chi connectivity index (χ4v) is 6.04. The van der Waals surface area contributed by atoms with Gasteiger partial charge in [0.1, 0.15) is 18.1 Å². The first-order valence-electron chi connectivity index (χ1n) is 13.8. The maximum absolute atomic E-state index is 13.4. The number of hydrogen-bond donors (Lipinski definition) is 1. The minimum Gasteiger partial charge on any atom is -0.474 e. The molecule has 42 heavy (non-hydrogen) atoms. The van der Waals surface area contributed by atoms with E-state index in [9.17, 15) is 18.4 Å². The van der Waals surface area contributed by atoms with Crippen molar-refractivity contribution in [3.63, 3.8) is 0 Å². The van der Waals surface area contributed by atoms with E-state index in [1.165, 1.54) is 12.4 Å². The number of hydrogen-bond acceptors (Lipinski definition) is 9. The summed E-state index contributed by atoms with van der Waals surface area (Å²) >= 11 is 0. The van der Waals surface area contributed by atoms with E-state index in [1.54, 1.807) is 25.2 Å². The molecule has 0 unspecified atom stereocenters. The topological polar surface area (TPSA) is 125 Å². The first kappa shape index (κ1) is 28.0. The van der Waals surface area contributed by atoms with Crippen molar-refractivity contribution in [2.75, 3.05) is 27.2 Å². The molecule has 2 fully saturated rings. The van der Waals surface area contributed by atoms with Gasteiger partial charge in [0, 0.05) is 55.1 Å². The van der Waals surface area contributed by atoms with Gasteiger partial charge in [0.2, 0.25) is 11.7 Å². The van der Waals surface area contributed by atoms with Crippen molar-refractivity contribution in [3.8, 4) is 23.2 Å². The van der Waals surface area contributed by atoms with Crippen molar-refractivity contribution < 1.29 is 17.9 Å². The second-order valence-electron chi connectivity index (χ2n) is 11.4. The maximum atomic E-state index is 13.4. The number of nitrogens with one attached hydrogen (secondary N) is 1. The third-order valence-electron chi connectivity index (χ3n) is 8.10. The molecule has 0 amide bonds. The Balaban J connectivity index is 1.09. The first-order valence-corrected chi connectivity index (χ1v) is 13.8. The molecule has 6 rings (SSSR count). The number of likely N-dealkylation sites (tertiary alicyclic amines) is 1. The van der Waals surface area contributed by atoms with Crippen LogP contribution in [-0.2, 0) is 18.3 Å². The Morgan fingerprint density at radius 1 is 1.19 bits per heavy atom. The number of H-pyrrole nitrogens is 1. The van der Waals surface area contributed by atoms with Crippen LogP contribution < -0.4 is 4.74 Å². The number of nitriles is 1. The zero-order chi connectivity index (χ0) is 29.5. The minimum absolute atomic E-state index is 0.0422. The summed E-state index contributed by atoms with van der Waals surface area (Å²) < 4.78 is 48.0. The van der Waals surface area contributed by atoms with Crippen LogP contribution in [0.15, 0.2) is 37.1 Å². The van der Waals surface area contributed by atoms with E-state index in [-0.39, 0.29) is 30.3 Å². The lowest BCUT2D eigenvalue weighted by molar-refractivity contribution is -0.145. The van der Waals surface area contributed by atoms with Crippen molar-refractivity contribution in [3.05, 3.63) is 48.6 Å². The molecule has 0 radical (unpaired) electrons. The molecule has 4 aromatic rings. The monoisotopic (exact) mass is 580 g/mol. The molecule has 1 aliphatic carbocycles. The lowest BCUT2D eigenvalue weighted by Gasteiger charge is -2.52. The molecule has 1 saturated carbocycles. The predicted octanol–water partition coefficient (Wildman–Crippen LogP) is 4.01. The van der Waals surface area contributed by atoms with Crippen LogP contribution in [0.4, 0.5) is 13.2 Å². The zero-order valence-corrected chi connectivity index (χ0v) is 23.3. The number of piperidine rings is 1. The molecular formula is C28H31F3N10O. The summed E-state index contributed by atoms with van der Waals surface area (Å²) in [6.45, 7) is 1.74. The number of ether oxygens (including phenoxy) is 1. The quantitative estimate of drug-likeness (QED) is 0.329. The number of alkyl halides is 3. The fourth-order valence-electron chi connectivity index (χ4n) is 6.04. The molecule has 1 saturated heterocycles. The van der Waals surface area contributed by atoms with Crippen molar-refractivity contribution in [1.29, 1.82) is 5.26 Å². The highest BCUT2D eigenvalue weighted by atomic mass is 19.4. The van der Waals surface area contributed by atoms with Crippen LogP contribution in [-0.4, -0.2) is 83.8 Å². The average molecular weight is 581 g/mol. The Labute approximate surface area is 240 Å². The average Bonchev–Trinajstić information content (AvgIpc) is 3.60. The molecular weight excluding hydrogens is 549 g/mol. The summed E-state index contributed by atoms with van der Waals surface area (Å²) in [5.74, 6) is -1.23. The third kappa shape index (κ3) is 5.54. The van der Waals surface area contributed by atoms with Crippen LogP contribution in [0.2, 0.25) is 0 Å². The Bertz CT molecular complexity index is 1590. The van der Waals surface area contributed by atoms with E-state index in [4.69, 9.17) is 4.74 Å². The van der Waals surface area contributed by atoms with E-state index in [0.717, 1.165) is 48.2 Å². The Hall–Kier alpha value is -4.09. The van der Waals surface area contributed by atoms with Crippen LogP contribution >= 0.6 is 0 Å². The molecule has 1 aliphatic heterocycles. The van der Waals surface area contributed by atoms with Gasteiger partial charge in [-0.05, 0) is 45.8 Å². The summed E-state index contributed by atoms with van der Waals surface area (Å²) in [4.78, 5) is 23.3. The van der Waals surface area contributed by atoms with Crippen molar-refractivity contribution in [2.24, 2.45) is 0 Å². The zero-order valence-electron chi connectivity index (χ0n) is 23.3. The highest BCUT2D eigenvalue weighted by Gasteiger charge is 2.49. The number of aromatic amines is 1. The molecule has 0 spiro atoms. The maximum Gasteiger partial charge on any atom is 0.451 e. The standard InChI is InChI=1S/C28H31F3N10O/c1-39(2)16-19-11-23(38-26(37-19)28(29,30)31)42-21-4-9-40(10-5-21)20-12-27(13-20,6-7-32)41-15-18(14-36-41)24-22-3-8-33-25(22)35-17-34-24/h3,8,11,14-15,17,20-21H,4-6,9-10,12-13,16H2,1-2H3,(H,33,34,35)/t20-,27+. The minimum atomic E-state index is -4.65. The lowest BCUT2D eigenvalue weighted by Crippen LogP contribution is -2.58. The second kappa shape index (κ2) is 11.0. The third-order valence-corrected chi connectivity index (χ3v) is 8.10. The molecule has 4 aromatic heterocycles. The molecule has 0 atom stereocenters. The van der Waals surface area contributed by atoms with Gasteiger partial charge in [-0.15, -0.1) is 0 Å². The van der Waals surface area contributed by atoms with Crippen LogP contribution in [0.3, 0.4) is 0 Å². The number of fused-ring (bicyclic) bond motifs is 1. The highest BCUT2D eigenvalue weighted by Crippen LogP contribution is 2.45. The summed E-state index contributed by atoms with van der Waals surface area (Å²) in [5, 5.41) is 15.2. The van der Waals surface area contributed by atoms with Gasteiger partial charge in [-0.1, -0.05) is 0 Å². The van der Waals surface area contributed by atoms with Gasteiger partial charge in [-0.3, -0.25) is 9.58 Å². The number of aromatic nitrogens is 7. The Morgan fingerprint density at radius 3 is 2.69 bits per heavy atom. The molecule has 11 nitrogen and oxygen atoms in total. The van der Waals surface area contributed by atoms with Crippen molar-refractivity contribution in [1.82, 2.24) is 44.5 Å². The van der Waals surface area contributed by atoms with Gasteiger partial charge >= 0.3 is 6.18 Å². The normalized spacial score (nSPS) is 21.9. The van der Waals surface area contributed by atoms with Gasteiger partial charge in [-0.2, -0.15) is 28.5 Å². The smallest absolute Gasteiger partial charge is 0.451 e. The largest absolute Gasteiger partial charge is 0.474 e. The summed E-state index contributed by atoms with van der Waals surface area (Å²) in [6, 6.07) is 6.05. The number of halogens is 3. The van der Waals surface area contributed by atoms with Crippen LogP contribution in [0.1, 0.15) is 43.6 Å². The summed E-state index contributed by atoms with van der Waals surface area (Å²) in [7, 11) is 3.53. The first-order chi connectivity index (χ1) is 20.1. The van der Waals surface area contributed by atoms with E-state index in [1.807, 2.05) is 23.1 Å². The van der Waals surface area contributed by atoms with E-state index < -0.39 is 17.5 Å². The second-order valence-corrected chi connectivity index (χ2v) is 11.4. The molecule has 0 aromatic carbocycles. The van der Waals surface area contributed by atoms with E-state index >= 15 is 0 Å². The fraction of sp³-hybridized carbons (Fsp3) is 0.500. The van der Waals surface area contributed by atoms with Crippen LogP contribution in [0.25, 0.3) is 22.3 Å². The molecule has 220 valence electrons. The summed E-state index contributed by atoms with van der Waals surface area (Å²) in [6.07, 6.45) is 5.45. The number of rotatable bonds is 8. The number of nitrogens with zero attached hydrogens (tertiary/aromatic N) is 9. The van der Waals surface area contributed by atoms with Gasteiger partial charge in [0.15, 0.2) is 0 Å². The SMILES string of the molecule is CN(C)Cc1cc(OC2CCN([C@H]3C[C@@](CC#N)(n4cc(-c5ncnc6[nH]ccc56)cn4)C3)CC2)nc(C(F)(F)F)n1. The van der Waals surface area contributed by atoms with Crippen LogP contribution in [0.5, 0.6) is 5.88 Å². The van der Waals surface area contributed by atoms with E-state index in [2.05, 4.69) is 41.0 Å². The van der Waals surface area contributed by atoms with Crippen LogP contribution in [0, 0.1) is 11.3 Å². The van der Waals surface area contributed by atoms with Gasteiger partial charge in [-0.25, -0.2) is 15.0 Å². The molecule has 0 bridgehead atoms. The Morgan fingerprint density at radius 2 is 1.98 bits per heavy atom. The highest BCUT2D eigenvalue weighted by molar-refractivity contribution is 5.90. The summed E-state index contributed by atoms with van der Waals surface area (Å²) in [5.41, 5.74) is 2.28. The Kier molecular flexibility index (Phi) is 7.32. The van der Waals surface area contributed by atoms with E-state index in [0.29, 0.717) is 19.3 Å². The molecule has 2 aliphatic rings. The van der Waals surface area contributed by atoms with Gasteiger partial charge < -0.3 is 14.6 Å². The molecule has 14 heteroatoms. The molecule has 5 heterocycles.